The van der Waals surface area contributed by atoms with Crippen molar-refractivity contribution >= 4 is 21.4 Å². The van der Waals surface area contributed by atoms with E-state index in [1.165, 1.54) is 24.1 Å². The maximum Gasteiger partial charge on any atom is 0.387 e. The van der Waals surface area contributed by atoms with E-state index in [4.69, 9.17) is 0 Å². The maximum absolute atomic E-state index is 12.3. The third-order valence-electron chi connectivity index (χ3n) is 3.68. The van der Waals surface area contributed by atoms with E-state index < -0.39 is 16.4 Å². The average molecular weight is 348 g/mol. The number of sulfone groups is 1. The minimum atomic E-state index is -3.08. The van der Waals surface area contributed by atoms with Gasteiger partial charge in [-0.2, -0.15) is 8.78 Å². The Morgan fingerprint density at radius 3 is 2.74 bits per heavy atom. The second-order valence-electron chi connectivity index (χ2n) is 5.29. The average Bonchev–Trinajstić information content (AvgIpc) is 2.85. The van der Waals surface area contributed by atoms with E-state index in [2.05, 4.69) is 10.1 Å². The van der Waals surface area contributed by atoms with Crippen molar-refractivity contribution in [3.63, 3.8) is 0 Å². The van der Waals surface area contributed by atoms with E-state index in [0.717, 1.165) is 0 Å². The Morgan fingerprint density at radius 1 is 1.43 bits per heavy atom. The van der Waals surface area contributed by atoms with Crippen molar-refractivity contribution in [2.75, 3.05) is 30.4 Å². The van der Waals surface area contributed by atoms with Gasteiger partial charge in [-0.15, -0.1) is 0 Å². The van der Waals surface area contributed by atoms with Gasteiger partial charge < -0.3 is 15.0 Å². The van der Waals surface area contributed by atoms with Crippen LogP contribution in [0, 0.1) is 0 Å². The molecule has 1 atom stereocenters. The Balaban J connectivity index is 1.94. The second-order valence-corrected chi connectivity index (χ2v) is 7.52. The topological polar surface area (TPSA) is 75.7 Å². The summed E-state index contributed by atoms with van der Waals surface area (Å²) in [6.07, 6.45) is 0.412. The molecule has 128 valence electrons. The van der Waals surface area contributed by atoms with Crippen LogP contribution in [0.25, 0.3) is 0 Å². The normalized spacial score (nSPS) is 19.6. The van der Waals surface area contributed by atoms with Crippen molar-refractivity contribution in [1.29, 1.82) is 0 Å². The SMILES string of the molecule is CN(C(=O)CNc1ccccc1OC(F)F)C1CCS(=O)(=O)C1. The van der Waals surface area contributed by atoms with Crippen molar-refractivity contribution in [2.24, 2.45) is 0 Å². The third-order valence-corrected chi connectivity index (χ3v) is 5.43. The molecule has 6 nitrogen and oxygen atoms in total. The van der Waals surface area contributed by atoms with Gasteiger partial charge in [-0.25, -0.2) is 8.42 Å². The molecule has 1 aromatic carbocycles. The molecule has 1 aromatic rings. The highest BCUT2D eigenvalue weighted by atomic mass is 32.2. The van der Waals surface area contributed by atoms with Gasteiger partial charge >= 0.3 is 6.61 Å². The van der Waals surface area contributed by atoms with Crippen LogP contribution in [0.15, 0.2) is 24.3 Å². The number of alkyl halides is 2. The van der Waals surface area contributed by atoms with Crippen molar-refractivity contribution in [1.82, 2.24) is 4.90 Å². The van der Waals surface area contributed by atoms with Gasteiger partial charge in [0.05, 0.1) is 23.7 Å². The number of nitrogens with zero attached hydrogens (tertiary/aromatic N) is 1. The second kappa shape index (κ2) is 7.12. The summed E-state index contributed by atoms with van der Waals surface area (Å²) < 4.78 is 51.9. The molecule has 1 N–H and O–H groups in total. The lowest BCUT2D eigenvalue weighted by Gasteiger charge is -2.24. The molecular weight excluding hydrogens is 330 g/mol. The summed E-state index contributed by atoms with van der Waals surface area (Å²) in [4.78, 5) is 13.5. The summed E-state index contributed by atoms with van der Waals surface area (Å²) in [6, 6.07) is 5.71. The zero-order valence-corrected chi connectivity index (χ0v) is 13.4. The molecule has 0 radical (unpaired) electrons. The number of ether oxygens (including phenoxy) is 1. The summed E-state index contributed by atoms with van der Waals surface area (Å²) in [6.45, 7) is -3.10. The molecule has 0 aromatic heterocycles. The molecule has 1 unspecified atom stereocenters. The fourth-order valence-corrected chi connectivity index (χ4v) is 4.17. The van der Waals surface area contributed by atoms with Crippen molar-refractivity contribution in [3.05, 3.63) is 24.3 Å². The molecule has 1 fully saturated rings. The van der Waals surface area contributed by atoms with E-state index in [1.54, 1.807) is 12.1 Å². The number of halogens is 2. The zero-order chi connectivity index (χ0) is 17.0. The van der Waals surface area contributed by atoms with Gasteiger partial charge in [0.1, 0.15) is 5.75 Å². The molecule has 2 rings (SSSR count). The lowest BCUT2D eigenvalue weighted by atomic mass is 10.2. The Morgan fingerprint density at radius 2 is 2.13 bits per heavy atom. The first-order valence-electron chi connectivity index (χ1n) is 7.02. The largest absolute Gasteiger partial charge is 0.433 e. The number of para-hydroxylation sites is 2. The van der Waals surface area contributed by atoms with Crippen LogP contribution in [0.2, 0.25) is 0 Å². The molecule has 0 spiro atoms. The molecular formula is C14H18F2N2O4S. The van der Waals surface area contributed by atoms with Crippen molar-refractivity contribution in [3.8, 4) is 5.75 Å². The fourth-order valence-electron chi connectivity index (χ4n) is 2.39. The molecule has 1 saturated heterocycles. The third kappa shape index (κ3) is 4.78. The fraction of sp³-hybridized carbons (Fsp3) is 0.500. The number of nitrogens with one attached hydrogen (secondary N) is 1. The summed E-state index contributed by atoms with van der Waals surface area (Å²) in [5, 5.41) is 2.74. The lowest BCUT2D eigenvalue weighted by Crippen LogP contribution is -2.40. The standard InChI is InChI=1S/C14H18F2N2O4S/c1-18(10-6-7-23(20,21)9-10)13(19)8-17-11-4-2-3-5-12(11)22-14(15)16/h2-5,10,14,17H,6-9H2,1H3. The molecule has 23 heavy (non-hydrogen) atoms. The van der Waals surface area contributed by atoms with E-state index in [-0.39, 0.29) is 41.4 Å². The van der Waals surface area contributed by atoms with Crippen LogP contribution in [0.3, 0.4) is 0 Å². The van der Waals surface area contributed by atoms with E-state index in [9.17, 15) is 22.0 Å². The zero-order valence-electron chi connectivity index (χ0n) is 12.5. The maximum atomic E-state index is 12.3. The van der Waals surface area contributed by atoms with Gasteiger partial charge in [0.2, 0.25) is 5.91 Å². The van der Waals surface area contributed by atoms with Gasteiger partial charge in [-0.1, -0.05) is 12.1 Å². The first-order valence-corrected chi connectivity index (χ1v) is 8.84. The highest BCUT2D eigenvalue weighted by Gasteiger charge is 2.32. The van der Waals surface area contributed by atoms with Crippen molar-refractivity contribution in [2.45, 2.75) is 19.1 Å². The van der Waals surface area contributed by atoms with E-state index >= 15 is 0 Å². The molecule has 0 saturated carbocycles. The van der Waals surface area contributed by atoms with E-state index in [0.29, 0.717) is 6.42 Å². The minimum Gasteiger partial charge on any atom is -0.433 e. The Bertz CT molecular complexity index is 666. The summed E-state index contributed by atoms with van der Waals surface area (Å²) in [5.74, 6) is -0.339. The van der Waals surface area contributed by atoms with Crippen LogP contribution in [-0.2, 0) is 14.6 Å². The highest BCUT2D eigenvalue weighted by Crippen LogP contribution is 2.25. The molecule has 1 aliphatic rings. The predicted octanol–water partition coefficient (Wildman–Crippen LogP) is 1.35. The lowest BCUT2D eigenvalue weighted by molar-refractivity contribution is -0.129. The molecule has 1 aliphatic heterocycles. The Labute approximate surface area is 133 Å². The van der Waals surface area contributed by atoms with Crippen LogP contribution < -0.4 is 10.1 Å². The number of hydrogen-bond acceptors (Lipinski definition) is 5. The first kappa shape index (κ1) is 17.5. The predicted molar refractivity (Wildman–Crippen MR) is 81.4 cm³/mol. The van der Waals surface area contributed by atoms with Gasteiger partial charge in [-0.05, 0) is 18.6 Å². The highest BCUT2D eigenvalue weighted by molar-refractivity contribution is 7.91. The quantitative estimate of drug-likeness (QED) is 0.840. The molecule has 0 aliphatic carbocycles. The number of carbonyl (C=O) groups excluding carboxylic acids is 1. The van der Waals surface area contributed by atoms with Crippen molar-refractivity contribution < 1.29 is 26.7 Å². The van der Waals surface area contributed by atoms with Gasteiger partial charge in [0, 0.05) is 13.1 Å². The summed E-state index contributed by atoms with van der Waals surface area (Å²) in [7, 11) is -1.54. The molecule has 0 bridgehead atoms. The number of hydrogen-bond donors (Lipinski definition) is 1. The van der Waals surface area contributed by atoms with Crippen LogP contribution in [0.4, 0.5) is 14.5 Å². The van der Waals surface area contributed by atoms with Gasteiger partial charge in [0.25, 0.3) is 0 Å². The first-order chi connectivity index (χ1) is 10.8. The van der Waals surface area contributed by atoms with Crippen LogP contribution >= 0.6 is 0 Å². The molecule has 9 heteroatoms. The number of rotatable bonds is 6. The van der Waals surface area contributed by atoms with Gasteiger partial charge in [-0.3, -0.25) is 4.79 Å². The van der Waals surface area contributed by atoms with Gasteiger partial charge in [0.15, 0.2) is 9.84 Å². The minimum absolute atomic E-state index is 0.0413. The Hall–Kier alpha value is -1.90. The Kier molecular flexibility index (Phi) is 5.40. The number of likely N-dealkylation sites (N-methyl/N-ethyl adjacent to an activating group) is 1. The monoisotopic (exact) mass is 348 g/mol. The summed E-state index contributed by atoms with van der Waals surface area (Å²) in [5.41, 5.74) is 0.272. The summed E-state index contributed by atoms with van der Waals surface area (Å²) >= 11 is 0. The number of anilines is 1. The number of carbonyl (C=O) groups is 1. The number of amides is 1. The smallest absolute Gasteiger partial charge is 0.387 e. The van der Waals surface area contributed by atoms with Crippen LogP contribution in [0.1, 0.15) is 6.42 Å². The van der Waals surface area contributed by atoms with Crippen LogP contribution in [-0.4, -0.2) is 57.0 Å². The molecule has 1 amide bonds. The number of benzene rings is 1. The molecule has 1 heterocycles. The van der Waals surface area contributed by atoms with Crippen LogP contribution in [0.5, 0.6) is 5.75 Å². The van der Waals surface area contributed by atoms with E-state index in [1.807, 2.05) is 0 Å².